The van der Waals surface area contributed by atoms with Crippen LogP contribution in [0.25, 0.3) is 0 Å². The van der Waals surface area contributed by atoms with Gasteiger partial charge in [-0.1, -0.05) is 18.2 Å². The Morgan fingerprint density at radius 1 is 1.33 bits per heavy atom. The van der Waals surface area contributed by atoms with Crippen molar-refractivity contribution in [3.05, 3.63) is 29.8 Å². The number of para-hydroxylation sites is 1. The summed E-state index contributed by atoms with van der Waals surface area (Å²) in [5, 5.41) is 11.1. The lowest BCUT2D eigenvalue weighted by Crippen LogP contribution is -2.32. The van der Waals surface area contributed by atoms with E-state index in [9.17, 15) is 18.4 Å². The maximum Gasteiger partial charge on any atom is 0.387 e. The first-order chi connectivity index (χ1) is 8.41. The Hall–Kier alpha value is -2.18. The Morgan fingerprint density at radius 2 is 1.94 bits per heavy atom. The summed E-state index contributed by atoms with van der Waals surface area (Å²) >= 11 is 0. The van der Waals surface area contributed by atoms with Gasteiger partial charge in [0.25, 0.3) is 0 Å². The van der Waals surface area contributed by atoms with Crippen molar-refractivity contribution in [1.82, 2.24) is 5.32 Å². The summed E-state index contributed by atoms with van der Waals surface area (Å²) in [6.45, 7) is -1.94. The van der Waals surface area contributed by atoms with Gasteiger partial charge in [0.05, 0.1) is 0 Å². The predicted molar refractivity (Wildman–Crippen MR) is 57.3 cm³/mol. The number of alkyl halides is 2. The molecule has 0 fully saturated rings. The monoisotopic (exact) mass is 259 g/mol. The minimum absolute atomic E-state index is 0.0412. The fraction of sp³-hybridized carbons (Fsp3) is 0.273. The van der Waals surface area contributed by atoms with Crippen LogP contribution in [0, 0.1) is 0 Å². The van der Waals surface area contributed by atoms with Crippen molar-refractivity contribution >= 4 is 11.9 Å². The number of halogens is 2. The zero-order valence-electron chi connectivity index (χ0n) is 9.39. The van der Waals surface area contributed by atoms with E-state index in [4.69, 9.17) is 5.11 Å². The molecule has 1 aromatic carbocycles. The fourth-order valence-corrected chi connectivity index (χ4v) is 1.40. The van der Waals surface area contributed by atoms with Crippen LogP contribution in [0.15, 0.2) is 24.3 Å². The molecule has 0 aromatic heterocycles. The van der Waals surface area contributed by atoms with Gasteiger partial charge in [0, 0.05) is 12.5 Å². The van der Waals surface area contributed by atoms with Crippen molar-refractivity contribution in [2.75, 3.05) is 0 Å². The lowest BCUT2D eigenvalue weighted by atomic mass is 10.1. The predicted octanol–water partition coefficient (Wildman–Crippen LogP) is 1.55. The molecule has 2 N–H and O–H groups in total. The van der Waals surface area contributed by atoms with Crippen LogP contribution < -0.4 is 10.1 Å². The van der Waals surface area contributed by atoms with Crippen LogP contribution in [0.2, 0.25) is 0 Å². The molecule has 98 valence electrons. The van der Waals surface area contributed by atoms with Crippen LogP contribution in [0.1, 0.15) is 18.5 Å². The van der Waals surface area contributed by atoms with E-state index < -0.39 is 24.5 Å². The van der Waals surface area contributed by atoms with Gasteiger partial charge in [0.1, 0.15) is 5.75 Å². The number of nitrogens with one attached hydrogen (secondary N) is 1. The number of ether oxygens (including phenoxy) is 1. The van der Waals surface area contributed by atoms with Crippen LogP contribution >= 0.6 is 0 Å². The largest absolute Gasteiger partial charge is 0.479 e. The molecule has 1 atom stereocenters. The lowest BCUT2D eigenvalue weighted by molar-refractivity contribution is -0.141. The van der Waals surface area contributed by atoms with E-state index in [1.807, 2.05) is 0 Å². The average Bonchev–Trinajstić information content (AvgIpc) is 2.25. The number of carbonyl (C=O) groups excluding carboxylic acids is 1. The average molecular weight is 259 g/mol. The third kappa shape index (κ3) is 3.69. The van der Waals surface area contributed by atoms with Crippen LogP contribution in [-0.2, 0) is 9.59 Å². The Balaban J connectivity index is 3.10. The van der Waals surface area contributed by atoms with Crippen molar-refractivity contribution < 1.29 is 28.2 Å². The topological polar surface area (TPSA) is 75.6 Å². The highest BCUT2D eigenvalue weighted by Crippen LogP contribution is 2.26. The van der Waals surface area contributed by atoms with Gasteiger partial charge in [-0.2, -0.15) is 8.78 Å². The van der Waals surface area contributed by atoms with E-state index >= 15 is 0 Å². The molecule has 1 aromatic rings. The summed E-state index contributed by atoms with van der Waals surface area (Å²) in [6, 6.07) is 3.96. The van der Waals surface area contributed by atoms with Gasteiger partial charge in [-0.25, -0.2) is 4.79 Å². The van der Waals surface area contributed by atoms with Gasteiger partial charge in [0.15, 0.2) is 6.04 Å². The smallest absolute Gasteiger partial charge is 0.387 e. The van der Waals surface area contributed by atoms with Crippen LogP contribution in [0.3, 0.4) is 0 Å². The molecule has 0 spiro atoms. The maximum absolute atomic E-state index is 12.2. The highest BCUT2D eigenvalue weighted by Gasteiger charge is 2.25. The van der Waals surface area contributed by atoms with E-state index in [1.165, 1.54) is 24.3 Å². The third-order valence-corrected chi connectivity index (χ3v) is 2.04. The number of carbonyl (C=O) groups is 2. The molecular weight excluding hydrogens is 248 g/mol. The first-order valence-electron chi connectivity index (χ1n) is 4.95. The normalized spacial score (nSPS) is 12.0. The van der Waals surface area contributed by atoms with Gasteiger partial charge < -0.3 is 15.2 Å². The van der Waals surface area contributed by atoms with Crippen molar-refractivity contribution in [1.29, 1.82) is 0 Å². The standard InChI is InChI=1S/C11H11F2NO4/c1-6(15)14-9(10(16)17)7-4-2-3-5-8(7)18-11(12)13/h2-5,9,11H,1H3,(H,14,15)(H,16,17). The van der Waals surface area contributed by atoms with E-state index in [2.05, 4.69) is 10.1 Å². The molecule has 0 radical (unpaired) electrons. The van der Waals surface area contributed by atoms with Crippen molar-refractivity contribution in [2.45, 2.75) is 19.6 Å². The number of carboxylic acids is 1. The second-order valence-corrected chi connectivity index (χ2v) is 3.39. The number of hydrogen-bond donors (Lipinski definition) is 2. The molecule has 0 saturated carbocycles. The van der Waals surface area contributed by atoms with E-state index in [0.717, 1.165) is 6.92 Å². The number of amides is 1. The second-order valence-electron chi connectivity index (χ2n) is 3.39. The summed E-state index contributed by atoms with van der Waals surface area (Å²) in [6.07, 6.45) is 0. The number of benzene rings is 1. The molecule has 0 aliphatic carbocycles. The molecule has 1 unspecified atom stereocenters. The van der Waals surface area contributed by atoms with Gasteiger partial charge in [-0.3, -0.25) is 4.79 Å². The van der Waals surface area contributed by atoms with Crippen LogP contribution in [0.4, 0.5) is 8.78 Å². The van der Waals surface area contributed by atoms with E-state index in [-0.39, 0.29) is 11.3 Å². The van der Waals surface area contributed by atoms with Crippen molar-refractivity contribution in [3.8, 4) is 5.75 Å². The summed E-state index contributed by atoms with van der Waals surface area (Å²) < 4.78 is 28.6. The van der Waals surface area contributed by atoms with Gasteiger partial charge in [-0.15, -0.1) is 0 Å². The SMILES string of the molecule is CC(=O)NC(C(=O)O)c1ccccc1OC(F)F. The minimum Gasteiger partial charge on any atom is -0.479 e. The molecule has 0 aliphatic rings. The number of carboxylic acid groups (broad SMARTS) is 1. The first-order valence-corrected chi connectivity index (χ1v) is 4.95. The first kappa shape index (κ1) is 13.9. The minimum atomic E-state index is -3.07. The third-order valence-electron chi connectivity index (χ3n) is 2.04. The Kier molecular flexibility index (Phi) is 4.59. The molecule has 0 heterocycles. The summed E-state index contributed by atoms with van der Waals surface area (Å²) in [7, 11) is 0. The van der Waals surface area contributed by atoms with E-state index in [0.29, 0.717) is 0 Å². The zero-order chi connectivity index (χ0) is 13.7. The fourth-order valence-electron chi connectivity index (χ4n) is 1.40. The summed E-state index contributed by atoms with van der Waals surface area (Å²) in [5.74, 6) is -2.24. The molecule has 0 bridgehead atoms. The van der Waals surface area contributed by atoms with Gasteiger partial charge in [0.2, 0.25) is 5.91 Å². The highest BCUT2D eigenvalue weighted by molar-refractivity contribution is 5.83. The van der Waals surface area contributed by atoms with E-state index in [1.54, 1.807) is 0 Å². The number of rotatable bonds is 5. The molecule has 1 amide bonds. The Bertz CT molecular complexity index is 450. The molecule has 1 rings (SSSR count). The van der Waals surface area contributed by atoms with Crippen molar-refractivity contribution in [3.63, 3.8) is 0 Å². The highest BCUT2D eigenvalue weighted by atomic mass is 19.3. The molecular formula is C11H11F2NO4. The zero-order valence-corrected chi connectivity index (χ0v) is 9.39. The number of hydrogen-bond acceptors (Lipinski definition) is 3. The van der Waals surface area contributed by atoms with Crippen LogP contribution in [-0.4, -0.2) is 23.6 Å². The molecule has 0 aliphatic heterocycles. The van der Waals surface area contributed by atoms with Gasteiger partial charge >= 0.3 is 12.6 Å². The quantitative estimate of drug-likeness (QED) is 0.841. The number of aliphatic carboxylic acids is 1. The van der Waals surface area contributed by atoms with Crippen LogP contribution in [0.5, 0.6) is 5.75 Å². The second kappa shape index (κ2) is 5.95. The molecule has 0 saturated heterocycles. The lowest BCUT2D eigenvalue weighted by Gasteiger charge is -2.17. The Morgan fingerprint density at radius 3 is 2.44 bits per heavy atom. The molecule has 5 nitrogen and oxygen atoms in total. The Labute approximate surface area is 101 Å². The molecule has 18 heavy (non-hydrogen) atoms. The van der Waals surface area contributed by atoms with Gasteiger partial charge in [-0.05, 0) is 6.07 Å². The molecule has 7 heteroatoms. The maximum atomic E-state index is 12.2. The summed E-state index contributed by atoms with van der Waals surface area (Å²) in [5.41, 5.74) is -0.0412. The van der Waals surface area contributed by atoms with Crippen molar-refractivity contribution in [2.24, 2.45) is 0 Å². The summed E-state index contributed by atoms with van der Waals surface area (Å²) in [4.78, 5) is 21.9.